The quantitative estimate of drug-likeness (QED) is 0.0588. The smallest absolute Gasteiger partial charge is 0.330 e. The number of carbonyl (C=O) groups excluding carboxylic acids is 2. The zero-order valence-corrected chi connectivity index (χ0v) is 29.5. The van der Waals surface area contributed by atoms with Gasteiger partial charge in [-0.3, -0.25) is 4.79 Å². The van der Waals surface area contributed by atoms with Crippen LogP contribution < -0.4 is 4.74 Å². The van der Waals surface area contributed by atoms with E-state index in [4.69, 9.17) is 14.2 Å². The highest BCUT2D eigenvalue weighted by molar-refractivity contribution is 5.87. The summed E-state index contributed by atoms with van der Waals surface area (Å²) in [5.74, 6) is 0.968. The Morgan fingerprint density at radius 1 is 0.705 bits per heavy atom. The van der Waals surface area contributed by atoms with E-state index in [9.17, 15) is 9.59 Å². The van der Waals surface area contributed by atoms with Gasteiger partial charge in [-0.2, -0.15) is 0 Å². The molecule has 0 aliphatic carbocycles. The predicted octanol–water partition coefficient (Wildman–Crippen LogP) is 11.7. The molecule has 1 unspecified atom stereocenters. The van der Waals surface area contributed by atoms with Gasteiger partial charge in [0.15, 0.2) is 0 Å². The summed E-state index contributed by atoms with van der Waals surface area (Å²) in [5, 5.41) is 0. The van der Waals surface area contributed by atoms with E-state index in [1.165, 1.54) is 109 Å². The highest BCUT2D eigenvalue weighted by atomic mass is 16.5. The SMILES string of the molecule is CCCCC(CC)COC(=O)/C=C/c1ccc(OC)cc1.CCCCCCCCCCCCCCCCCC(=O)OC(C)C. The van der Waals surface area contributed by atoms with E-state index >= 15 is 0 Å². The fraction of sp³-hybridized carbons (Fsp3) is 0.744. The molecule has 0 bridgehead atoms. The lowest BCUT2D eigenvalue weighted by atomic mass is 10.0. The molecule has 0 aliphatic heterocycles. The zero-order valence-electron chi connectivity index (χ0n) is 29.5. The fourth-order valence-corrected chi connectivity index (χ4v) is 4.99. The Morgan fingerprint density at radius 3 is 1.66 bits per heavy atom. The minimum atomic E-state index is -0.277. The number of hydrogen-bond donors (Lipinski definition) is 0. The first-order valence-corrected chi connectivity index (χ1v) is 18.0. The van der Waals surface area contributed by atoms with Crippen molar-refractivity contribution in [1.29, 1.82) is 0 Å². The van der Waals surface area contributed by atoms with E-state index in [2.05, 4.69) is 20.8 Å². The third kappa shape index (κ3) is 27.3. The van der Waals surface area contributed by atoms with Crippen LogP contribution in [0.4, 0.5) is 0 Å². The molecule has 254 valence electrons. The van der Waals surface area contributed by atoms with Crippen molar-refractivity contribution in [3.05, 3.63) is 35.9 Å². The summed E-state index contributed by atoms with van der Waals surface area (Å²) in [5.41, 5.74) is 0.950. The molecule has 1 aromatic carbocycles. The summed E-state index contributed by atoms with van der Waals surface area (Å²) in [6.07, 6.45) is 28.7. The normalized spacial score (nSPS) is 11.7. The third-order valence-electron chi connectivity index (χ3n) is 7.88. The van der Waals surface area contributed by atoms with Crippen LogP contribution in [0.25, 0.3) is 6.08 Å². The lowest BCUT2D eigenvalue weighted by Gasteiger charge is -2.13. The fourth-order valence-electron chi connectivity index (χ4n) is 4.99. The summed E-state index contributed by atoms with van der Waals surface area (Å²) < 4.78 is 15.5. The van der Waals surface area contributed by atoms with Crippen LogP contribution in [-0.2, 0) is 19.1 Å². The number of rotatable bonds is 26. The molecule has 1 rings (SSSR count). The maximum absolute atomic E-state index is 11.7. The molecule has 1 aromatic rings. The molecule has 0 saturated heterocycles. The second kappa shape index (κ2) is 30.7. The Kier molecular flexibility index (Phi) is 29.1. The molecule has 5 nitrogen and oxygen atoms in total. The number of ether oxygens (including phenoxy) is 3. The van der Waals surface area contributed by atoms with Crippen LogP contribution in [0.3, 0.4) is 0 Å². The van der Waals surface area contributed by atoms with Crippen molar-refractivity contribution >= 4 is 18.0 Å². The van der Waals surface area contributed by atoms with Crippen molar-refractivity contribution in [3.8, 4) is 5.75 Å². The van der Waals surface area contributed by atoms with Crippen LogP contribution >= 0.6 is 0 Å². The first-order valence-electron chi connectivity index (χ1n) is 18.0. The summed E-state index contributed by atoms with van der Waals surface area (Å²) >= 11 is 0. The first-order chi connectivity index (χ1) is 21.4. The van der Waals surface area contributed by atoms with E-state index in [1.807, 2.05) is 38.1 Å². The molecule has 0 saturated carbocycles. The molecule has 5 heteroatoms. The van der Waals surface area contributed by atoms with Gasteiger partial charge >= 0.3 is 11.9 Å². The molecule has 0 aliphatic rings. The van der Waals surface area contributed by atoms with Gasteiger partial charge in [-0.15, -0.1) is 0 Å². The highest BCUT2D eigenvalue weighted by Gasteiger charge is 2.08. The van der Waals surface area contributed by atoms with Gasteiger partial charge in [0.1, 0.15) is 5.75 Å². The molecule has 0 radical (unpaired) electrons. The summed E-state index contributed by atoms with van der Waals surface area (Å²) in [7, 11) is 1.63. The minimum absolute atomic E-state index is 0.0267. The van der Waals surface area contributed by atoms with Gasteiger partial charge in [0, 0.05) is 12.5 Å². The minimum Gasteiger partial charge on any atom is -0.497 e. The molecular weight excluding hydrogens is 548 g/mol. The number of methoxy groups -OCH3 is 1. The summed E-state index contributed by atoms with van der Waals surface area (Å²) in [6, 6.07) is 7.53. The van der Waals surface area contributed by atoms with Gasteiger partial charge in [0.2, 0.25) is 0 Å². The lowest BCUT2D eigenvalue weighted by Crippen LogP contribution is -2.12. The van der Waals surface area contributed by atoms with Crippen molar-refractivity contribution in [1.82, 2.24) is 0 Å². The van der Waals surface area contributed by atoms with Crippen molar-refractivity contribution in [2.45, 2.75) is 169 Å². The topological polar surface area (TPSA) is 61.8 Å². The molecule has 0 N–H and O–H groups in total. The van der Waals surface area contributed by atoms with Crippen LogP contribution in [0.2, 0.25) is 0 Å². The second-order valence-corrected chi connectivity index (χ2v) is 12.4. The average Bonchev–Trinajstić information content (AvgIpc) is 3.02. The lowest BCUT2D eigenvalue weighted by molar-refractivity contribution is -0.147. The standard InChI is InChI=1S/C21H42O2.C18H26O3/c1-4-5-6-7-8-9-10-11-12-13-14-15-16-17-18-19-21(22)23-20(2)3;1-4-6-7-15(5-2)14-21-18(19)13-10-16-8-11-17(20-3)12-9-16/h20H,4-19H2,1-3H3;8-13,15H,4-7,14H2,1-3H3/b;13-10+. The average molecular weight is 617 g/mol. The Hall–Kier alpha value is -2.30. The third-order valence-corrected chi connectivity index (χ3v) is 7.88. The van der Waals surface area contributed by atoms with Gasteiger partial charge in [-0.25, -0.2) is 4.79 Å². The number of unbranched alkanes of at least 4 members (excludes halogenated alkanes) is 15. The zero-order chi connectivity index (χ0) is 32.7. The molecular formula is C39H68O5. The van der Waals surface area contributed by atoms with Crippen LogP contribution in [0.5, 0.6) is 5.75 Å². The van der Waals surface area contributed by atoms with E-state index in [-0.39, 0.29) is 18.0 Å². The highest BCUT2D eigenvalue weighted by Crippen LogP contribution is 2.15. The van der Waals surface area contributed by atoms with Gasteiger partial charge in [-0.05, 0) is 56.4 Å². The van der Waals surface area contributed by atoms with E-state index in [0.717, 1.165) is 30.6 Å². The first kappa shape index (κ1) is 41.7. The number of benzene rings is 1. The molecule has 1 atom stereocenters. The Bertz CT molecular complexity index is 814. The Morgan fingerprint density at radius 2 is 1.20 bits per heavy atom. The maximum atomic E-state index is 11.7. The molecule has 44 heavy (non-hydrogen) atoms. The van der Waals surface area contributed by atoms with Crippen LogP contribution in [0.15, 0.2) is 30.3 Å². The van der Waals surface area contributed by atoms with Crippen molar-refractivity contribution in [2.24, 2.45) is 5.92 Å². The molecule has 0 amide bonds. The molecule has 0 fully saturated rings. The second-order valence-electron chi connectivity index (χ2n) is 12.4. The maximum Gasteiger partial charge on any atom is 0.330 e. The Labute approximate surface area is 271 Å². The van der Waals surface area contributed by atoms with E-state index in [1.54, 1.807) is 13.2 Å². The van der Waals surface area contributed by atoms with Crippen LogP contribution in [0.1, 0.15) is 169 Å². The summed E-state index contributed by atoms with van der Waals surface area (Å²) in [6.45, 7) is 10.9. The van der Waals surface area contributed by atoms with Crippen LogP contribution in [-0.4, -0.2) is 31.8 Å². The van der Waals surface area contributed by atoms with Crippen molar-refractivity contribution in [2.75, 3.05) is 13.7 Å². The van der Waals surface area contributed by atoms with Crippen LogP contribution in [0, 0.1) is 5.92 Å². The summed E-state index contributed by atoms with van der Waals surface area (Å²) in [4.78, 5) is 23.1. The number of hydrogen-bond acceptors (Lipinski definition) is 5. The Balaban J connectivity index is 0.000000843. The van der Waals surface area contributed by atoms with E-state index < -0.39 is 0 Å². The van der Waals surface area contributed by atoms with Gasteiger partial charge < -0.3 is 14.2 Å². The number of carbonyl (C=O) groups is 2. The van der Waals surface area contributed by atoms with Crippen molar-refractivity contribution < 1.29 is 23.8 Å². The van der Waals surface area contributed by atoms with E-state index in [0.29, 0.717) is 18.9 Å². The molecule has 0 aromatic heterocycles. The number of esters is 2. The largest absolute Gasteiger partial charge is 0.497 e. The van der Waals surface area contributed by atoms with Gasteiger partial charge in [0.05, 0.1) is 19.8 Å². The predicted molar refractivity (Wildman–Crippen MR) is 187 cm³/mol. The van der Waals surface area contributed by atoms with Gasteiger partial charge in [-0.1, -0.05) is 142 Å². The molecule has 0 spiro atoms. The molecule has 0 heterocycles. The monoisotopic (exact) mass is 617 g/mol. The van der Waals surface area contributed by atoms with Crippen molar-refractivity contribution in [3.63, 3.8) is 0 Å². The van der Waals surface area contributed by atoms with Gasteiger partial charge in [0.25, 0.3) is 0 Å².